The number of hydrogen-bond acceptors (Lipinski definition) is 4. The minimum Gasteiger partial charge on any atom is -0.507 e. The van der Waals surface area contributed by atoms with Crippen molar-refractivity contribution in [3.05, 3.63) is 93.9 Å². The first-order valence-corrected chi connectivity index (χ1v) is 9.59. The smallest absolute Gasteiger partial charge is 0.300 e. The Balaban J connectivity index is 1.95. The molecule has 31 heavy (non-hydrogen) atoms. The Morgan fingerprint density at radius 1 is 0.935 bits per heavy atom. The number of benzene rings is 2. The fourth-order valence-corrected chi connectivity index (χ4v) is 3.65. The summed E-state index contributed by atoms with van der Waals surface area (Å²) in [6.45, 7) is 5.46. The van der Waals surface area contributed by atoms with E-state index in [-0.39, 0.29) is 22.8 Å². The predicted molar refractivity (Wildman–Crippen MR) is 111 cm³/mol. The zero-order chi connectivity index (χ0) is 22.4. The van der Waals surface area contributed by atoms with Crippen molar-refractivity contribution in [2.75, 3.05) is 4.90 Å². The Hall–Kier alpha value is -3.74. The number of hydrogen-bond donors (Lipinski definition) is 1. The highest BCUT2D eigenvalue weighted by Crippen LogP contribution is 2.43. The number of ketones is 1. The van der Waals surface area contributed by atoms with Gasteiger partial charge in [0.15, 0.2) is 11.6 Å². The molecule has 0 bridgehead atoms. The fraction of sp³-hybridized carbons (Fsp3) is 0.167. The summed E-state index contributed by atoms with van der Waals surface area (Å²) in [7, 11) is 0. The third kappa shape index (κ3) is 3.42. The first-order chi connectivity index (χ1) is 14.7. The van der Waals surface area contributed by atoms with Crippen molar-refractivity contribution in [3.8, 4) is 0 Å². The molecule has 4 rings (SSSR count). The van der Waals surface area contributed by atoms with Gasteiger partial charge in [-0.1, -0.05) is 12.1 Å². The number of Topliss-reactive ketones (excluding diaryl/α,β-unsaturated/α-hetero) is 1. The number of furan rings is 1. The summed E-state index contributed by atoms with van der Waals surface area (Å²) in [4.78, 5) is 26.9. The summed E-state index contributed by atoms with van der Waals surface area (Å²) in [5.41, 5.74) is 2.03. The van der Waals surface area contributed by atoms with Gasteiger partial charge in [0.1, 0.15) is 23.3 Å². The molecule has 2 heterocycles. The largest absolute Gasteiger partial charge is 0.507 e. The van der Waals surface area contributed by atoms with E-state index in [0.29, 0.717) is 11.3 Å². The Labute approximate surface area is 177 Å². The third-order valence-electron chi connectivity index (χ3n) is 5.44. The van der Waals surface area contributed by atoms with Crippen LogP contribution in [-0.2, 0) is 9.59 Å². The lowest BCUT2D eigenvalue weighted by molar-refractivity contribution is -0.132. The molecular weight excluding hydrogens is 404 g/mol. The van der Waals surface area contributed by atoms with Crippen LogP contribution in [0.2, 0.25) is 0 Å². The lowest BCUT2D eigenvalue weighted by Crippen LogP contribution is -2.29. The maximum atomic E-state index is 13.9. The molecule has 3 aromatic rings. The number of aliphatic hydroxyl groups is 1. The number of anilines is 1. The van der Waals surface area contributed by atoms with E-state index in [1.165, 1.54) is 6.07 Å². The Morgan fingerprint density at radius 3 is 2.29 bits per heavy atom. The lowest BCUT2D eigenvalue weighted by atomic mass is 9.97. The van der Waals surface area contributed by atoms with Gasteiger partial charge in [0.25, 0.3) is 11.7 Å². The van der Waals surface area contributed by atoms with Gasteiger partial charge in [-0.05, 0) is 62.2 Å². The topological polar surface area (TPSA) is 70.8 Å². The van der Waals surface area contributed by atoms with Gasteiger partial charge >= 0.3 is 0 Å². The van der Waals surface area contributed by atoms with Crippen LogP contribution in [0.3, 0.4) is 0 Å². The molecule has 1 saturated heterocycles. The van der Waals surface area contributed by atoms with Crippen molar-refractivity contribution in [1.29, 1.82) is 0 Å². The second kappa shape index (κ2) is 7.50. The Morgan fingerprint density at radius 2 is 1.68 bits per heavy atom. The van der Waals surface area contributed by atoms with Crippen LogP contribution in [-0.4, -0.2) is 16.8 Å². The van der Waals surface area contributed by atoms with Gasteiger partial charge in [-0.3, -0.25) is 14.5 Å². The van der Waals surface area contributed by atoms with Crippen LogP contribution in [0.4, 0.5) is 14.5 Å². The van der Waals surface area contributed by atoms with Crippen LogP contribution >= 0.6 is 0 Å². The van der Waals surface area contributed by atoms with Gasteiger partial charge in [0, 0.05) is 17.3 Å². The molecule has 0 spiro atoms. The number of carbonyl (C=O) groups excluding carboxylic acids is 2. The molecule has 0 radical (unpaired) electrons. The summed E-state index contributed by atoms with van der Waals surface area (Å²) in [5.74, 6) is -3.80. The van der Waals surface area contributed by atoms with Gasteiger partial charge in [-0.15, -0.1) is 0 Å². The standard InChI is InChI=1S/C24H19F2NO4/c1-12-4-6-15(10-13(12)2)22(28)20-21(19-9-5-14(3)31-19)27(24(30)23(20)29)16-7-8-17(25)18(26)11-16/h4-11,21,28H,1-3H3/b22-20-. The van der Waals surface area contributed by atoms with Crippen molar-refractivity contribution in [1.82, 2.24) is 0 Å². The molecule has 1 aromatic heterocycles. The van der Waals surface area contributed by atoms with Gasteiger partial charge in [-0.25, -0.2) is 8.78 Å². The monoisotopic (exact) mass is 423 g/mol. The summed E-state index contributed by atoms with van der Waals surface area (Å²) >= 11 is 0. The minimum atomic E-state index is -1.16. The van der Waals surface area contributed by atoms with Crippen molar-refractivity contribution in [3.63, 3.8) is 0 Å². The van der Waals surface area contributed by atoms with Crippen LogP contribution in [0, 0.1) is 32.4 Å². The summed E-state index contributed by atoms with van der Waals surface area (Å²) in [6, 6.07) is 10.1. The van der Waals surface area contributed by atoms with Crippen LogP contribution < -0.4 is 4.90 Å². The first kappa shape index (κ1) is 20.5. The van der Waals surface area contributed by atoms with E-state index in [4.69, 9.17) is 4.42 Å². The van der Waals surface area contributed by atoms with Crippen molar-refractivity contribution in [2.45, 2.75) is 26.8 Å². The van der Waals surface area contributed by atoms with Crippen LogP contribution in [0.25, 0.3) is 5.76 Å². The average Bonchev–Trinajstić information content (AvgIpc) is 3.27. The SMILES string of the molecule is Cc1ccc(C2/C(=C(/O)c3ccc(C)c(C)c3)C(=O)C(=O)N2c2ccc(F)c(F)c2)o1. The van der Waals surface area contributed by atoms with Crippen molar-refractivity contribution >= 4 is 23.1 Å². The van der Waals surface area contributed by atoms with E-state index in [9.17, 15) is 23.5 Å². The van der Waals surface area contributed by atoms with Crippen LogP contribution in [0.5, 0.6) is 0 Å². The first-order valence-electron chi connectivity index (χ1n) is 9.59. The fourth-order valence-electron chi connectivity index (χ4n) is 3.65. The molecule has 1 unspecified atom stereocenters. The molecule has 0 saturated carbocycles. The van der Waals surface area contributed by atoms with E-state index < -0.39 is 29.4 Å². The van der Waals surface area contributed by atoms with Crippen molar-refractivity contribution < 1.29 is 27.9 Å². The number of halogens is 2. The number of rotatable bonds is 3. The summed E-state index contributed by atoms with van der Waals surface area (Å²) in [5, 5.41) is 11.0. The normalized spacial score (nSPS) is 18.1. The highest BCUT2D eigenvalue weighted by atomic mass is 19.2. The highest BCUT2D eigenvalue weighted by molar-refractivity contribution is 6.51. The quantitative estimate of drug-likeness (QED) is 0.361. The van der Waals surface area contributed by atoms with Gasteiger partial charge < -0.3 is 9.52 Å². The zero-order valence-corrected chi connectivity index (χ0v) is 17.1. The lowest BCUT2D eigenvalue weighted by Gasteiger charge is -2.23. The minimum absolute atomic E-state index is 0.0285. The molecular formula is C24H19F2NO4. The number of amides is 1. The van der Waals surface area contributed by atoms with Gasteiger partial charge in [0.05, 0.1) is 5.57 Å². The van der Waals surface area contributed by atoms with Crippen LogP contribution in [0.1, 0.15) is 34.3 Å². The molecule has 0 aliphatic carbocycles. The van der Waals surface area contributed by atoms with Crippen molar-refractivity contribution in [2.24, 2.45) is 0 Å². The van der Waals surface area contributed by atoms with Gasteiger partial charge in [0.2, 0.25) is 0 Å². The summed E-state index contributed by atoms with van der Waals surface area (Å²) < 4.78 is 33.0. The molecule has 7 heteroatoms. The number of aliphatic hydroxyl groups excluding tert-OH is 1. The summed E-state index contributed by atoms with van der Waals surface area (Å²) in [6.07, 6.45) is 0. The molecule has 1 amide bonds. The van der Waals surface area contributed by atoms with E-state index in [1.54, 1.807) is 37.3 Å². The maximum absolute atomic E-state index is 13.9. The molecule has 5 nitrogen and oxygen atoms in total. The predicted octanol–water partition coefficient (Wildman–Crippen LogP) is 5.11. The number of nitrogens with zero attached hydrogens (tertiary/aromatic N) is 1. The van der Waals surface area contributed by atoms with E-state index >= 15 is 0 Å². The second-order valence-corrected chi connectivity index (χ2v) is 7.51. The molecule has 1 aliphatic heterocycles. The van der Waals surface area contributed by atoms with Crippen LogP contribution in [0.15, 0.2) is 58.5 Å². The number of aryl methyl sites for hydroxylation is 3. The third-order valence-corrected chi connectivity index (χ3v) is 5.44. The number of carbonyl (C=O) groups is 2. The Bertz CT molecular complexity index is 1260. The molecule has 1 atom stereocenters. The zero-order valence-electron chi connectivity index (χ0n) is 17.1. The maximum Gasteiger partial charge on any atom is 0.300 e. The highest BCUT2D eigenvalue weighted by Gasteiger charge is 2.48. The molecule has 2 aromatic carbocycles. The molecule has 158 valence electrons. The molecule has 1 aliphatic rings. The molecule has 1 fully saturated rings. The van der Waals surface area contributed by atoms with Gasteiger partial charge in [-0.2, -0.15) is 0 Å². The average molecular weight is 423 g/mol. The Kier molecular flexibility index (Phi) is 4.97. The second-order valence-electron chi connectivity index (χ2n) is 7.51. The molecule has 1 N–H and O–H groups in total. The van der Waals surface area contributed by atoms with E-state index in [1.807, 2.05) is 13.8 Å². The van der Waals surface area contributed by atoms with E-state index in [0.717, 1.165) is 28.2 Å². The van der Waals surface area contributed by atoms with E-state index in [2.05, 4.69) is 0 Å².